The molecule has 0 radical (unpaired) electrons. The van der Waals surface area contributed by atoms with E-state index in [1.807, 2.05) is 26.0 Å². The van der Waals surface area contributed by atoms with E-state index in [2.05, 4.69) is 33.5 Å². The van der Waals surface area contributed by atoms with Crippen LogP contribution < -0.4 is 15.4 Å². The van der Waals surface area contributed by atoms with Gasteiger partial charge in [-0.1, -0.05) is 22.9 Å². The Labute approximate surface area is 146 Å². The molecule has 22 heavy (non-hydrogen) atoms. The van der Waals surface area contributed by atoms with Gasteiger partial charge in [0.15, 0.2) is 0 Å². The number of ether oxygens (including phenoxy) is 1. The van der Waals surface area contributed by atoms with E-state index in [0.29, 0.717) is 17.2 Å². The molecule has 0 aliphatic carbocycles. The molecule has 2 N–H and O–H groups in total. The number of halogens is 2. The lowest BCUT2D eigenvalue weighted by atomic mass is 9.94. The molecule has 1 saturated heterocycles. The molecule has 1 aliphatic heterocycles. The summed E-state index contributed by atoms with van der Waals surface area (Å²) in [6.45, 7) is 7.97. The first kappa shape index (κ1) is 19.3. The molecule has 0 bridgehead atoms. The number of carbonyl (C=O) groups is 1. The minimum absolute atomic E-state index is 0. The molecular weight excluding hydrogens is 368 g/mol. The van der Waals surface area contributed by atoms with Gasteiger partial charge in [-0.3, -0.25) is 4.79 Å². The normalized spacial score (nSPS) is 21.1. The second-order valence-electron chi connectivity index (χ2n) is 5.89. The van der Waals surface area contributed by atoms with Gasteiger partial charge in [0, 0.05) is 22.6 Å². The van der Waals surface area contributed by atoms with Crippen LogP contribution >= 0.6 is 28.3 Å². The Bertz CT molecular complexity index is 511. The van der Waals surface area contributed by atoms with Crippen LogP contribution in [0.5, 0.6) is 5.75 Å². The smallest absolute Gasteiger partial charge is 0.251 e. The summed E-state index contributed by atoms with van der Waals surface area (Å²) >= 11 is 3.44. The summed E-state index contributed by atoms with van der Waals surface area (Å²) in [7, 11) is 0. The molecule has 4 nitrogen and oxygen atoms in total. The van der Waals surface area contributed by atoms with Crippen molar-refractivity contribution < 1.29 is 9.53 Å². The third kappa shape index (κ3) is 5.45. The highest BCUT2D eigenvalue weighted by atomic mass is 79.9. The van der Waals surface area contributed by atoms with Crippen LogP contribution in [-0.4, -0.2) is 31.1 Å². The minimum atomic E-state index is -0.0505. The lowest BCUT2D eigenvalue weighted by Crippen LogP contribution is -2.50. The van der Waals surface area contributed by atoms with Crippen LogP contribution in [0.4, 0.5) is 0 Å². The van der Waals surface area contributed by atoms with E-state index in [1.165, 1.54) is 0 Å². The molecule has 2 atom stereocenters. The number of nitrogens with one attached hydrogen (secondary N) is 2. The zero-order valence-electron chi connectivity index (χ0n) is 13.2. The van der Waals surface area contributed by atoms with Crippen LogP contribution in [-0.2, 0) is 0 Å². The van der Waals surface area contributed by atoms with E-state index in [0.717, 1.165) is 24.0 Å². The highest BCUT2D eigenvalue weighted by Gasteiger charge is 2.23. The van der Waals surface area contributed by atoms with E-state index < -0.39 is 0 Å². The van der Waals surface area contributed by atoms with Crippen LogP contribution in [0.2, 0.25) is 0 Å². The van der Waals surface area contributed by atoms with E-state index >= 15 is 0 Å². The van der Waals surface area contributed by atoms with Gasteiger partial charge in [0.2, 0.25) is 0 Å². The van der Waals surface area contributed by atoms with Crippen molar-refractivity contribution in [2.45, 2.75) is 39.3 Å². The zero-order chi connectivity index (χ0) is 15.4. The molecule has 1 aromatic carbocycles. The summed E-state index contributed by atoms with van der Waals surface area (Å²) in [5.41, 5.74) is 0.623. The van der Waals surface area contributed by atoms with E-state index in [9.17, 15) is 4.79 Å². The summed E-state index contributed by atoms with van der Waals surface area (Å²) in [6.07, 6.45) is 1.17. The number of piperidine rings is 1. The molecule has 2 rings (SSSR count). The standard InChI is InChI=1S/C16H23BrN2O2.ClH/c1-10(2)21-14-7-12(6-13(17)8-14)16(20)19-15-9-18-5-4-11(15)3;/h6-8,10-11,15,18H,4-5,9H2,1-3H3,(H,19,20);1H. The zero-order valence-corrected chi connectivity index (χ0v) is 15.6. The second kappa shape index (κ2) is 8.75. The quantitative estimate of drug-likeness (QED) is 0.827. The fourth-order valence-electron chi connectivity index (χ4n) is 2.47. The van der Waals surface area contributed by atoms with E-state index in [1.54, 1.807) is 6.07 Å². The van der Waals surface area contributed by atoms with Gasteiger partial charge >= 0.3 is 0 Å². The first-order chi connectivity index (χ1) is 9.95. The van der Waals surface area contributed by atoms with Gasteiger partial charge in [-0.05, 0) is 50.9 Å². The highest BCUT2D eigenvalue weighted by Crippen LogP contribution is 2.23. The largest absolute Gasteiger partial charge is 0.491 e. The molecule has 1 amide bonds. The van der Waals surface area contributed by atoms with Gasteiger partial charge in [-0.25, -0.2) is 0 Å². The van der Waals surface area contributed by atoms with Crippen molar-refractivity contribution in [2.24, 2.45) is 5.92 Å². The molecule has 0 saturated carbocycles. The SMILES string of the molecule is CC(C)Oc1cc(Br)cc(C(=O)NC2CNCCC2C)c1.Cl. The molecule has 124 valence electrons. The third-order valence-electron chi connectivity index (χ3n) is 3.65. The third-order valence-corrected chi connectivity index (χ3v) is 4.11. The molecule has 1 aromatic rings. The maximum Gasteiger partial charge on any atom is 0.251 e. The number of hydrogen-bond donors (Lipinski definition) is 2. The van der Waals surface area contributed by atoms with Crippen molar-refractivity contribution >= 4 is 34.2 Å². The summed E-state index contributed by atoms with van der Waals surface area (Å²) in [5, 5.41) is 6.44. The van der Waals surface area contributed by atoms with Crippen molar-refractivity contribution in [3.8, 4) is 5.75 Å². The summed E-state index contributed by atoms with van der Waals surface area (Å²) in [4.78, 5) is 12.4. The number of rotatable bonds is 4. The maximum atomic E-state index is 12.4. The van der Waals surface area contributed by atoms with Crippen LogP contribution in [0, 0.1) is 5.92 Å². The van der Waals surface area contributed by atoms with Crippen molar-refractivity contribution in [1.29, 1.82) is 0 Å². The van der Waals surface area contributed by atoms with Gasteiger partial charge in [-0.15, -0.1) is 12.4 Å². The average Bonchev–Trinajstić information content (AvgIpc) is 2.40. The van der Waals surface area contributed by atoms with E-state index in [4.69, 9.17) is 4.74 Å². The topological polar surface area (TPSA) is 50.4 Å². The number of hydrogen-bond acceptors (Lipinski definition) is 3. The lowest BCUT2D eigenvalue weighted by molar-refractivity contribution is 0.0914. The van der Waals surface area contributed by atoms with Crippen LogP contribution in [0.15, 0.2) is 22.7 Å². The fourth-order valence-corrected chi connectivity index (χ4v) is 2.94. The lowest BCUT2D eigenvalue weighted by Gasteiger charge is -2.30. The molecule has 1 heterocycles. The van der Waals surface area contributed by atoms with Gasteiger partial charge in [0.1, 0.15) is 5.75 Å². The average molecular weight is 392 g/mol. The van der Waals surface area contributed by atoms with Crippen molar-refractivity contribution in [3.05, 3.63) is 28.2 Å². The summed E-state index contributed by atoms with van der Waals surface area (Å²) in [5.74, 6) is 1.15. The molecule has 1 fully saturated rings. The van der Waals surface area contributed by atoms with Gasteiger partial charge in [0.05, 0.1) is 6.10 Å². The molecule has 0 spiro atoms. The van der Waals surface area contributed by atoms with Crippen LogP contribution in [0.1, 0.15) is 37.6 Å². The van der Waals surface area contributed by atoms with Crippen molar-refractivity contribution in [3.63, 3.8) is 0 Å². The first-order valence-corrected chi connectivity index (χ1v) is 8.24. The van der Waals surface area contributed by atoms with Gasteiger partial charge in [-0.2, -0.15) is 0 Å². The number of benzene rings is 1. The van der Waals surface area contributed by atoms with Crippen molar-refractivity contribution in [2.75, 3.05) is 13.1 Å². The Morgan fingerprint density at radius 2 is 2.14 bits per heavy atom. The Morgan fingerprint density at radius 1 is 1.41 bits per heavy atom. The molecule has 0 aromatic heterocycles. The highest BCUT2D eigenvalue weighted by molar-refractivity contribution is 9.10. The Hall–Kier alpha value is -0.780. The van der Waals surface area contributed by atoms with Crippen molar-refractivity contribution in [1.82, 2.24) is 10.6 Å². The number of carbonyl (C=O) groups excluding carboxylic acids is 1. The van der Waals surface area contributed by atoms with E-state index in [-0.39, 0.29) is 30.5 Å². The Kier molecular flexibility index (Phi) is 7.66. The predicted molar refractivity (Wildman–Crippen MR) is 95.1 cm³/mol. The summed E-state index contributed by atoms with van der Waals surface area (Å²) < 4.78 is 6.52. The molecular formula is C16H24BrClN2O2. The Morgan fingerprint density at radius 3 is 2.77 bits per heavy atom. The molecule has 6 heteroatoms. The van der Waals surface area contributed by atoms with Crippen LogP contribution in [0.3, 0.4) is 0 Å². The molecule has 2 unspecified atom stereocenters. The fraction of sp³-hybridized carbons (Fsp3) is 0.562. The second-order valence-corrected chi connectivity index (χ2v) is 6.81. The van der Waals surface area contributed by atoms with Gasteiger partial charge < -0.3 is 15.4 Å². The predicted octanol–water partition coefficient (Wildman–Crippen LogP) is 3.39. The van der Waals surface area contributed by atoms with Gasteiger partial charge in [0.25, 0.3) is 5.91 Å². The first-order valence-electron chi connectivity index (χ1n) is 7.44. The number of amides is 1. The summed E-state index contributed by atoms with van der Waals surface area (Å²) in [6, 6.07) is 5.67. The minimum Gasteiger partial charge on any atom is -0.491 e. The monoisotopic (exact) mass is 390 g/mol. The Balaban J connectivity index is 0.00000242. The molecule has 1 aliphatic rings. The maximum absolute atomic E-state index is 12.4. The van der Waals surface area contributed by atoms with Crippen LogP contribution in [0.25, 0.3) is 0 Å².